The third kappa shape index (κ3) is 3.79. The summed E-state index contributed by atoms with van der Waals surface area (Å²) in [4.78, 5) is 1.15. The number of hydrogen-bond donors (Lipinski definition) is 2. The van der Waals surface area contributed by atoms with Crippen molar-refractivity contribution in [2.24, 2.45) is 5.10 Å². The minimum Gasteiger partial charge on any atom is -0.508 e. The SMILES string of the molecule is C/C(=N/NC(c1ccccc1)c1ccc(O)cc1)c1cccs1. The van der Waals surface area contributed by atoms with Crippen LogP contribution in [0.5, 0.6) is 5.75 Å². The summed E-state index contributed by atoms with van der Waals surface area (Å²) in [6.45, 7) is 2.00. The van der Waals surface area contributed by atoms with Crippen LogP contribution in [0.15, 0.2) is 77.2 Å². The zero-order chi connectivity index (χ0) is 16.1. The minimum atomic E-state index is -0.0632. The topological polar surface area (TPSA) is 44.6 Å². The first-order chi connectivity index (χ1) is 11.2. The molecule has 0 saturated carbocycles. The number of rotatable bonds is 5. The number of aromatic hydroxyl groups is 1. The molecule has 3 rings (SSSR count). The van der Waals surface area contributed by atoms with E-state index >= 15 is 0 Å². The third-order valence-corrected chi connectivity index (χ3v) is 4.58. The van der Waals surface area contributed by atoms with E-state index in [0.29, 0.717) is 0 Å². The van der Waals surface area contributed by atoms with Crippen LogP contribution in [0.25, 0.3) is 0 Å². The summed E-state index contributed by atoms with van der Waals surface area (Å²) in [6, 6.07) is 21.4. The summed E-state index contributed by atoms with van der Waals surface area (Å²) >= 11 is 1.67. The molecule has 0 fully saturated rings. The van der Waals surface area contributed by atoms with E-state index in [2.05, 4.69) is 28.7 Å². The number of nitrogens with one attached hydrogen (secondary N) is 1. The van der Waals surface area contributed by atoms with Gasteiger partial charge in [0.15, 0.2) is 0 Å². The van der Waals surface area contributed by atoms with Crippen LogP contribution in [0.3, 0.4) is 0 Å². The Morgan fingerprint density at radius 3 is 2.30 bits per heavy atom. The second-order valence-electron chi connectivity index (χ2n) is 5.24. The molecule has 0 bridgehead atoms. The van der Waals surface area contributed by atoms with E-state index in [1.807, 2.05) is 48.7 Å². The second-order valence-corrected chi connectivity index (χ2v) is 6.19. The molecule has 0 saturated heterocycles. The number of hydrazone groups is 1. The average Bonchev–Trinajstić information content (AvgIpc) is 3.12. The fourth-order valence-corrected chi connectivity index (χ4v) is 3.03. The van der Waals surface area contributed by atoms with Gasteiger partial charge in [-0.3, -0.25) is 5.43 Å². The highest BCUT2D eigenvalue weighted by molar-refractivity contribution is 7.12. The van der Waals surface area contributed by atoms with Gasteiger partial charge in [-0.25, -0.2) is 0 Å². The third-order valence-electron chi connectivity index (χ3n) is 3.60. The van der Waals surface area contributed by atoms with Crippen LogP contribution in [-0.2, 0) is 0 Å². The van der Waals surface area contributed by atoms with E-state index in [9.17, 15) is 5.11 Å². The maximum Gasteiger partial charge on any atom is 0.115 e. The Labute approximate surface area is 139 Å². The van der Waals surface area contributed by atoms with Crippen molar-refractivity contribution in [2.75, 3.05) is 0 Å². The molecule has 4 heteroatoms. The van der Waals surface area contributed by atoms with Crippen LogP contribution >= 0.6 is 11.3 Å². The van der Waals surface area contributed by atoms with Gasteiger partial charge in [-0.1, -0.05) is 48.5 Å². The van der Waals surface area contributed by atoms with Gasteiger partial charge in [0, 0.05) is 4.88 Å². The lowest BCUT2D eigenvalue weighted by atomic mass is 9.99. The van der Waals surface area contributed by atoms with Crippen molar-refractivity contribution in [1.82, 2.24) is 5.43 Å². The van der Waals surface area contributed by atoms with Crippen LogP contribution in [0.4, 0.5) is 0 Å². The van der Waals surface area contributed by atoms with E-state index in [4.69, 9.17) is 0 Å². The Balaban J connectivity index is 1.89. The van der Waals surface area contributed by atoms with Crippen molar-refractivity contribution in [1.29, 1.82) is 0 Å². The number of hydrogen-bond acceptors (Lipinski definition) is 4. The molecule has 3 aromatic rings. The summed E-state index contributed by atoms with van der Waals surface area (Å²) in [7, 11) is 0. The highest BCUT2D eigenvalue weighted by Gasteiger charge is 2.13. The van der Waals surface area contributed by atoms with Gasteiger partial charge in [0.1, 0.15) is 5.75 Å². The molecule has 2 N–H and O–H groups in total. The maximum atomic E-state index is 9.51. The monoisotopic (exact) mass is 322 g/mol. The smallest absolute Gasteiger partial charge is 0.115 e. The lowest BCUT2D eigenvalue weighted by molar-refractivity contribution is 0.474. The molecule has 116 valence electrons. The molecule has 1 heterocycles. The molecule has 2 aromatic carbocycles. The van der Waals surface area contributed by atoms with Gasteiger partial charge in [0.2, 0.25) is 0 Å². The maximum absolute atomic E-state index is 9.51. The molecule has 1 unspecified atom stereocenters. The zero-order valence-corrected chi connectivity index (χ0v) is 13.6. The normalized spacial score (nSPS) is 12.8. The first-order valence-corrected chi connectivity index (χ1v) is 8.29. The summed E-state index contributed by atoms with van der Waals surface area (Å²) < 4.78 is 0. The Morgan fingerprint density at radius 1 is 0.957 bits per heavy atom. The predicted molar refractivity (Wildman–Crippen MR) is 96.1 cm³/mol. The van der Waals surface area contributed by atoms with Crippen LogP contribution in [0.1, 0.15) is 29.0 Å². The van der Waals surface area contributed by atoms with Gasteiger partial charge in [-0.2, -0.15) is 5.10 Å². The highest BCUT2D eigenvalue weighted by Crippen LogP contribution is 2.24. The summed E-state index contributed by atoms with van der Waals surface area (Å²) in [5, 5.41) is 16.1. The predicted octanol–water partition coefficient (Wildman–Crippen LogP) is 4.56. The number of thiophene rings is 1. The van der Waals surface area contributed by atoms with Crippen LogP contribution in [0, 0.1) is 0 Å². The lowest BCUT2D eigenvalue weighted by Gasteiger charge is -2.18. The van der Waals surface area contributed by atoms with Crippen LogP contribution in [0.2, 0.25) is 0 Å². The number of phenolic OH excluding ortho intramolecular Hbond substituents is 1. The number of nitrogens with zero attached hydrogens (tertiary/aromatic N) is 1. The van der Waals surface area contributed by atoms with Crippen molar-refractivity contribution in [2.45, 2.75) is 13.0 Å². The molecule has 0 amide bonds. The van der Waals surface area contributed by atoms with Crippen molar-refractivity contribution in [3.63, 3.8) is 0 Å². The Hall–Kier alpha value is -2.59. The standard InChI is InChI=1S/C19H18N2OS/c1-14(18-8-5-13-23-18)20-21-19(15-6-3-2-4-7-15)16-9-11-17(22)12-10-16/h2-13,19,21-22H,1H3/b20-14-. The molecule has 3 nitrogen and oxygen atoms in total. The van der Waals surface area contributed by atoms with Crippen molar-refractivity contribution >= 4 is 17.0 Å². The van der Waals surface area contributed by atoms with E-state index in [-0.39, 0.29) is 11.8 Å². The second kappa shape index (κ2) is 7.11. The largest absolute Gasteiger partial charge is 0.508 e. The van der Waals surface area contributed by atoms with Gasteiger partial charge in [0.05, 0.1) is 11.8 Å². The van der Waals surface area contributed by atoms with Gasteiger partial charge >= 0.3 is 0 Å². The molecule has 0 aliphatic carbocycles. The molecule has 0 aliphatic rings. The highest BCUT2D eigenvalue weighted by atomic mass is 32.1. The van der Waals surface area contributed by atoms with Gasteiger partial charge in [-0.15, -0.1) is 11.3 Å². The van der Waals surface area contributed by atoms with Crippen molar-refractivity contribution in [3.8, 4) is 5.75 Å². The average molecular weight is 322 g/mol. The Kier molecular flexibility index (Phi) is 4.74. The van der Waals surface area contributed by atoms with Gasteiger partial charge in [-0.05, 0) is 41.6 Å². The van der Waals surface area contributed by atoms with Crippen LogP contribution < -0.4 is 5.43 Å². The van der Waals surface area contributed by atoms with Crippen molar-refractivity contribution < 1.29 is 5.11 Å². The molecule has 0 radical (unpaired) electrons. The van der Waals surface area contributed by atoms with E-state index in [1.165, 1.54) is 0 Å². The van der Waals surface area contributed by atoms with Gasteiger partial charge in [0.25, 0.3) is 0 Å². The van der Waals surface area contributed by atoms with E-state index in [0.717, 1.165) is 21.7 Å². The molecular weight excluding hydrogens is 304 g/mol. The molecule has 1 atom stereocenters. The summed E-state index contributed by atoms with van der Waals surface area (Å²) in [6.07, 6.45) is 0. The molecule has 1 aromatic heterocycles. The number of benzene rings is 2. The first-order valence-electron chi connectivity index (χ1n) is 7.41. The molecule has 23 heavy (non-hydrogen) atoms. The lowest BCUT2D eigenvalue weighted by Crippen LogP contribution is -2.18. The van der Waals surface area contributed by atoms with Crippen LogP contribution in [-0.4, -0.2) is 10.8 Å². The van der Waals surface area contributed by atoms with Gasteiger partial charge < -0.3 is 5.11 Å². The first kappa shape index (κ1) is 15.3. The minimum absolute atomic E-state index is 0.0632. The fraction of sp³-hybridized carbons (Fsp3) is 0.105. The zero-order valence-electron chi connectivity index (χ0n) is 12.8. The Morgan fingerprint density at radius 2 is 1.65 bits per heavy atom. The quantitative estimate of drug-likeness (QED) is 0.534. The molecule has 0 aliphatic heterocycles. The molecular formula is C19H18N2OS. The summed E-state index contributed by atoms with van der Waals surface area (Å²) in [5.74, 6) is 0.263. The Bertz CT molecular complexity index is 765. The van der Waals surface area contributed by atoms with Crippen molar-refractivity contribution in [3.05, 3.63) is 88.1 Å². The summed E-state index contributed by atoms with van der Waals surface area (Å²) in [5.41, 5.74) is 6.41. The van der Waals surface area contributed by atoms with E-state index < -0.39 is 0 Å². The van der Waals surface area contributed by atoms with E-state index in [1.54, 1.807) is 23.5 Å². The molecule has 0 spiro atoms. The number of phenols is 1. The fourth-order valence-electron chi connectivity index (χ4n) is 2.35.